The molecule has 0 aromatic carbocycles. The van der Waals surface area contributed by atoms with Crippen molar-refractivity contribution in [1.82, 2.24) is 14.7 Å². The van der Waals surface area contributed by atoms with Crippen LogP contribution in [0.2, 0.25) is 0 Å². The zero-order chi connectivity index (χ0) is 20.4. The van der Waals surface area contributed by atoms with Gasteiger partial charge in [0.25, 0.3) is 5.91 Å². The van der Waals surface area contributed by atoms with Crippen molar-refractivity contribution >= 4 is 11.9 Å². The van der Waals surface area contributed by atoms with E-state index >= 15 is 0 Å². The second-order valence-electron chi connectivity index (χ2n) is 6.37. The van der Waals surface area contributed by atoms with Crippen LogP contribution in [0.15, 0.2) is 21.6 Å². The van der Waals surface area contributed by atoms with Crippen molar-refractivity contribution in [2.45, 2.75) is 19.9 Å². The first-order chi connectivity index (χ1) is 13.3. The van der Waals surface area contributed by atoms with Crippen LogP contribution in [0, 0.1) is 6.92 Å². The zero-order valence-electron chi connectivity index (χ0n) is 15.4. The molecule has 0 aliphatic carbocycles. The van der Waals surface area contributed by atoms with Gasteiger partial charge >= 0.3 is 5.97 Å². The third-order valence-corrected chi connectivity index (χ3v) is 4.32. The molecule has 2 N–H and O–H groups in total. The summed E-state index contributed by atoms with van der Waals surface area (Å²) >= 11 is 0. The minimum atomic E-state index is -1.50. The molecule has 28 heavy (non-hydrogen) atoms. The Morgan fingerprint density at radius 2 is 2.14 bits per heavy atom. The maximum Gasteiger partial charge on any atom is 0.341 e. The normalized spacial score (nSPS) is 13.7. The molecular weight excluding hydrogens is 372 g/mol. The van der Waals surface area contributed by atoms with Crippen LogP contribution in [0.3, 0.4) is 0 Å². The number of aryl methyl sites for hydroxylation is 1. The number of carboxylic acid groups (broad SMARTS) is 1. The van der Waals surface area contributed by atoms with E-state index < -0.39 is 28.6 Å². The SMILES string of the molecule is COCCCN1CN(Cc2cc(C)on2)n2cc(C(=O)O)c(=O)c(O)c2C1=O. The third-order valence-electron chi connectivity index (χ3n) is 4.32. The van der Waals surface area contributed by atoms with Crippen LogP contribution >= 0.6 is 0 Å². The van der Waals surface area contributed by atoms with Gasteiger partial charge in [0.15, 0.2) is 11.4 Å². The quantitative estimate of drug-likeness (QED) is 0.630. The molecule has 2 aromatic rings. The van der Waals surface area contributed by atoms with Gasteiger partial charge in [-0.2, -0.15) is 0 Å². The van der Waals surface area contributed by atoms with E-state index in [1.807, 2.05) is 0 Å². The highest BCUT2D eigenvalue weighted by molar-refractivity contribution is 5.97. The lowest BCUT2D eigenvalue weighted by atomic mass is 10.2. The maximum absolute atomic E-state index is 12.8. The van der Waals surface area contributed by atoms with E-state index in [0.29, 0.717) is 31.0 Å². The smallest absolute Gasteiger partial charge is 0.341 e. The number of carbonyl (C=O) groups excluding carboxylic acids is 1. The molecule has 1 amide bonds. The molecule has 0 saturated carbocycles. The number of aromatic hydroxyl groups is 1. The number of hydrogen-bond donors (Lipinski definition) is 2. The van der Waals surface area contributed by atoms with Crippen LogP contribution in [0.4, 0.5) is 0 Å². The molecule has 0 saturated heterocycles. The number of aromatic carboxylic acids is 1. The predicted molar refractivity (Wildman–Crippen MR) is 94.9 cm³/mol. The number of amides is 1. The summed E-state index contributed by atoms with van der Waals surface area (Å²) in [6.07, 6.45) is 1.59. The number of nitrogens with zero attached hydrogens (tertiary/aromatic N) is 4. The van der Waals surface area contributed by atoms with Crippen molar-refractivity contribution < 1.29 is 29.1 Å². The molecule has 0 fully saturated rings. The van der Waals surface area contributed by atoms with E-state index in [-0.39, 0.29) is 18.9 Å². The minimum Gasteiger partial charge on any atom is -0.502 e. The number of fused-ring (bicyclic) bond motifs is 1. The standard InChI is InChI=1S/C17H20N4O7/c1-10-6-11(18-28-10)7-20-9-19(4-3-5-27-2)16(24)13-15(23)14(22)12(17(25)26)8-21(13)20/h6,8,23H,3-5,7,9H2,1-2H3,(H,25,26). The van der Waals surface area contributed by atoms with Crippen LogP contribution in [0.5, 0.6) is 5.75 Å². The number of hydrogen-bond acceptors (Lipinski definition) is 8. The second-order valence-corrected chi connectivity index (χ2v) is 6.37. The van der Waals surface area contributed by atoms with E-state index in [0.717, 1.165) is 6.20 Å². The number of aromatic nitrogens is 2. The molecule has 150 valence electrons. The topological polar surface area (TPSA) is 138 Å². The van der Waals surface area contributed by atoms with Crippen LogP contribution in [0.1, 0.15) is 38.7 Å². The Kier molecular flexibility index (Phi) is 5.36. The molecule has 2 aromatic heterocycles. The lowest BCUT2D eigenvalue weighted by Gasteiger charge is -2.39. The van der Waals surface area contributed by atoms with Crippen LogP contribution in [-0.2, 0) is 11.3 Å². The van der Waals surface area contributed by atoms with Crippen molar-refractivity contribution in [2.24, 2.45) is 0 Å². The minimum absolute atomic E-state index is 0.100. The molecule has 11 heteroatoms. The van der Waals surface area contributed by atoms with E-state index in [2.05, 4.69) is 5.16 Å². The molecule has 0 unspecified atom stereocenters. The van der Waals surface area contributed by atoms with E-state index in [1.165, 1.54) is 9.58 Å². The van der Waals surface area contributed by atoms with Crippen molar-refractivity contribution in [3.63, 3.8) is 0 Å². The average molecular weight is 392 g/mol. The Morgan fingerprint density at radius 1 is 1.39 bits per heavy atom. The monoisotopic (exact) mass is 392 g/mol. The van der Waals surface area contributed by atoms with E-state index in [4.69, 9.17) is 9.26 Å². The van der Waals surface area contributed by atoms with Gasteiger partial charge in [-0.1, -0.05) is 5.16 Å². The molecule has 11 nitrogen and oxygen atoms in total. The number of ether oxygens (including phenoxy) is 1. The summed E-state index contributed by atoms with van der Waals surface area (Å²) in [6, 6.07) is 1.70. The first-order valence-electron chi connectivity index (χ1n) is 8.51. The van der Waals surface area contributed by atoms with Gasteiger partial charge in [-0.25, -0.2) is 4.79 Å². The fraction of sp³-hybridized carbons (Fsp3) is 0.412. The molecule has 3 rings (SSSR count). The molecule has 0 bridgehead atoms. The van der Waals surface area contributed by atoms with Gasteiger partial charge in [-0.05, 0) is 13.3 Å². The van der Waals surface area contributed by atoms with Crippen LogP contribution < -0.4 is 10.4 Å². The number of methoxy groups -OCH3 is 1. The molecule has 0 spiro atoms. The molecule has 1 aliphatic rings. The lowest BCUT2D eigenvalue weighted by Crippen LogP contribution is -2.54. The lowest BCUT2D eigenvalue weighted by molar-refractivity contribution is 0.0649. The highest BCUT2D eigenvalue weighted by atomic mass is 16.5. The molecule has 1 aliphatic heterocycles. The highest BCUT2D eigenvalue weighted by Gasteiger charge is 2.34. The van der Waals surface area contributed by atoms with Crippen LogP contribution in [0.25, 0.3) is 0 Å². The Hall–Kier alpha value is -3.34. The largest absolute Gasteiger partial charge is 0.502 e. The summed E-state index contributed by atoms with van der Waals surface area (Å²) in [6.45, 7) is 2.76. The van der Waals surface area contributed by atoms with Gasteiger partial charge in [0.2, 0.25) is 5.43 Å². The summed E-state index contributed by atoms with van der Waals surface area (Å²) < 4.78 is 11.2. The Labute approximate surface area is 159 Å². The summed E-state index contributed by atoms with van der Waals surface area (Å²) in [5, 5.41) is 25.0. The molecular formula is C17H20N4O7. The third kappa shape index (κ3) is 3.56. The Balaban J connectivity index is 2.06. The zero-order valence-corrected chi connectivity index (χ0v) is 15.4. The number of carboxylic acids is 1. The summed E-state index contributed by atoms with van der Waals surface area (Å²) in [7, 11) is 1.55. The van der Waals surface area contributed by atoms with Crippen molar-refractivity contribution in [3.8, 4) is 5.75 Å². The molecule has 3 heterocycles. The van der Waals surface area contributed by atoms with Crippen molar-refractivity contribution in [3.05, 3.63) is 45.2 Å². The van der Waals surface area contributed by atoms with Gasteiger partial charge in [-0.3, -0.25) is 19.3 Å². The number of rotatable bonds is 7. The second kappa shape index (κ2) is 7.72. The summed E-state index contributed by atoms with van der Waals surface area (Å²) in [4.78, 5) is 37.8. The van der Waals surface area contributed by atoms with Crippen molar-refractivity contribution in [1.29, 1.82) is 0 Å². The molecule has 0 radical (unpaired) electrons. The van der Waals surface area contributed by atoms with Gasteiger partial charge in [-0.15, -0.1) is 0 Å². The van der Waals surface area contributed by atoms with E-state index in [1.54, 1.807) is 25.1 Å². The maximum atomic E-state index is 12.8. The van der Waals surface area contributed by atoms with Gasteiger partial charge in [0.1, 0.15) is 23.7 Å². The Morgan fingerprint density at radius 3 is 2.75 bits per heavy atom. The van der Waals surface area contributed by atoms with Crippen molar-refractivity contribution in [2.75, 3.05) is 31.9 Å². The first kappa shape index (κ1) is 19.4. The molecule has 0 atom stereocenters. The van der Waals surface area contributed by atoms with E-state index in [9.17, 15) is 24.6 Å². The number of carbonyl (C=O) groups is 2. The Bertz CT molecular complexity index is 965. The summed E-state index contributed by atoms with van der Waals surface area (Å²) in [5.74, 6) is -2.38. The first-order valence-corrected chi connectivity index (χ1v) is 8.51. The van der Waals surface area contributed by atoms with Crippen LogP contribution in [-0.4, -0.2) is 63.8 Å². The average Bonchev–Trinajstić information content (AvgIpc) is 3.05. The van der Waals surface area contributed by atoms with Gasteiger partial charge in [0.05, 0.1) is 6.54 Å². The van der Waals surface area contributed by atoms with Gasteiger partial charge in [0, 0.05) is 32.5 Å². The predicted octanol–water partition coefficient (Wildman–Crippen LogP) is 0.137. The number of pyridine rings is 1. The highest BCUT2D eigenvalue weighted by Crippen LogP contribution is 2.22. The summed E-state index contributed by atoms with van der Waals surface area (Å²) in [5.41, 5.74) is -1.49. The van der Waals surface area contributed by atoms with Gasteiger partial charge < -0.3 is 24.4 Å². The fourth-order valence-electron chi connectivity index (χ4n) is 3.02. The fourth-order valence-corrected chi connectivity index (χ4v) is 3.02.